The summed E-state index contributed by atoms with van der Waals surface area (Å²) < 4.78 is 1.65. The Morgan fingerprint density at radius 3 is 2.76 bits per heavy atom. The maximum atomic E-state index is 9.20. The number of nitrogens with two attached hydrogens (primary N) is 1. The van der Waals surface area contributed by atoms with Crippen molar-refractivity contribution in [1.29, 1.82) is 5.26 Å². The first-order chi connectivity index (χ1) is 10.2. The molecule has 0 saturated heterocycles. The lowest BCUT2D eigenvalue weighted by molar-refractivity contribution is 0.877. The molecule has 0 aliphatic rings. The summed E-state index contributed by atoms with van der Waals surface area (Å²) in [7, 11) is 0. The van der Waals surface area contributed by atoms with Gasteiger partial charge in [-0.15, -0.1) is 0 Å². The van der Waals surface area contributed by atoms with E-state index in [0.717, 1.165) is 11.1 Å². The van der Waals surface area contributed by atoms with Crippen molar-refractivity contribution in [1.82, 2.24) is 9.78 Å². The van der Waals surface area contributed by atoms with E-state index >= 15 is 0 Å². The zero-order valence-electron chi connectivity index (χ0n) is 11.0. The highest BCUT2D eigenvalue weighted by molar-refractivity contribution is 6.30. The Morgan fingerprint density at radius 2 is 2.00 bits per heavy atom. The molecule has 0 aliphatic carbocycles. The molecule has 0 fully saturated rings. The van der Waals surface area contributed by atoms with Crippen LogP contribution in [-0.2, 0) is 0 Å². The molecule has 3 rings (SSSR count). The van der Waals surface area contributed by atoms with Gasteiger partial charge in [0.2, 0.25) is 0 Å². The summed E-state index contributed by atoms with van der Waals surface area (Å²) in [5, 5.41) is 14.0. The van der Waals surface area contributed by atoms with Crippen LogP contribution in [0.3, 0.4) is 0 Å². The van der Waals surface area contributed by atoms with E-state index < -0.39 is 0 Å². The Morgan fingerprint density at radius 1 is 1.19 bits per heavy atom. The van der Waals surface area contributed by atoms with Crippen LogP contribution in [0.15, 0.2) is 54.9 Å². The summed E-state index contributed by atoms with van der Waals surface area (Å²) in [5.74, 6) is 0. The van der Waals surface area contributed by atoms with E-state index in [0.29, 0.717) is 22.0 Å². The zero-order chi connectivity index (χ0) is 14.8. The van der Waals surface area contributed by atoms with Gasteiger partial charge in [0.25, 0.3) is 0 Å². The molecule has 0 unspecified atom stereocenters. The largest absolute Gasteiger partial charge is 0.398 e. The molecule has 21 heavy (non-hydrogen) atoms. The zero-order valence-corrected chi connectivity index (χ0v) is 11.7. The van der Waals surface area contributed by atoms with Crippen molar-refractivity contribution in [2.75, 3.05) is 5.73 Å². The predicted molar refractivity (Wildman–Crippen MR) is 83.1 cm³/mol. The van der Waals surface area contributed by atoms with Crippen LogP contribution in [-0.4, -0.2) is 9.78 Å². The van der Waals surface area contributed by atoms with E-state index in [1.807, 2.05) is 30.5 Å². The first-order valence-corrected chi connectivity index (χ1v) is 6.66. The van der Waals surface area contributed by atoms with Crippen LogP contribution in [0.5, 0.6) is 0 Å². The number of nitrogen functional groups attached to an aromatic ring is 1. The van der Waals surface area contributed by atoms with Crippen molar-refractivity contribution in [3.05, 3.63) is 65.4 Å². The third kappa shape index (κ3) is 2.47. The molecule has 5 heteroatoms. The second-order valence-corrected chi connectivity index (χ2v) is 4.97. The molecular formula is C16H11ClN4. The van der Waals surface area contributed by atoms with Gasteiger partial charge in [-0.05, 0) is 24.3 Å². The summed E-state index contributed by atoms with van der Waals surface area (Å²) in [6.45, 7) is 0. The number of hydrogen-bond acceptors (Lipinski definition) is 3. The van der Waals surface area contributed by atoms with Gasteiger partial charge in [0.05, 0.1) is 17.4 Å². The number of halogens is 1. The van der Waals surface area contributed by atoms with Crippen LogP contribution < -0.4 is 5.73 Å². The third-order valence-corrected chi connectivity index (χ3v) is 3.42. The molecule has 2 N–H and O–H groups in total. The normalized spacial score (nSPS) is 10.3. The fourth-order valence-electron chi connectivity index (χ4n) is 2.15. The van der Waals surface area contributed by atoms with Crippen LogP contribution in [0.1, 0.15) is 5.56 Å². The second-order valence-electron chi connectivity index (χ2n) is 4.53. The molecule has 0 aliphatic heterocycles. The number of aromatic nitrogens is 2. The fourth-order valence-corrected chi connectivity index (χ4v) is 2.32. The molecule has 0 saturated carbocycles. The van der Waals surface area contributed by atoms with Gasteiger partial charge in [-0.25, -0.2) is 4.68 Å². The van der Waals surface area contributed by atoms with Gasteiger partial charge in [-0.1, -0.05) is 29.8 Å². The molecule has 102 valence electrons. The SMILES string of the molecule is N#Cc1cc(Cl)ccc1-n1cc(-c2ccccc2N)cn1. The quantitative estimate of drug-likeness (QED) is 0.734. The molecule has 0 atom stereocenters. The van der Waals surface area contributed by atoms with E-state index in [-0.39, 0.29) is 0 Å². The molecule has 4 nitrogen and oxygen atoms in total. The Labute approximate surface area is 127 Å². The average Bonchev–Trinajstić information content (AvgIpc) is 2.97. The number of hydrogen-bond donors (Lipinski definition) is 1. The molecule has 0 bridgehead atoms. The summed E-state index contributed by atoms with van der Waals surface area (Å²) >= 11 is 5.91. The second kappa shape index (κ2) is 5.31. The average molecular weight is 295 g/mol. The van der Waals surface area contributed by atoms with Crippen LogP contribution in [0.25, 0.3) is 16.8 Å². The van der Waals surface area contributed by atoms with Gasteiger partial charge in [0.15, 0.2) is 0 Å². The number of para-hydroxylation sites is 1. The van der Waals surface area contributed by atoms with Crippen molar-refractivity contribution < 1.29 is 0 Å². The lowest BCUT2D eigenvalue weighted by Gasteiger charge is -2.04. The minimum atomic E-state index is 0.471. The van der Waals surface area contributed by atoms with Gasteiger partial charge < -0.3 is 5.73 Å². The van der Waals surface area contributed by atoms with Crippen molar-refractivity contribution in [3.63, 3.8) is 0 Å². The molecular weight excluding hydrogens is 284 g/mol. The Balaban J connectivity index is 2.08. The van der Waals surface area contributed by atoms with Crippen LogP contribution in [0.2, 0.25) is 5.02 Å². The maximum Gasteiger partial charge on any atom is 0.101 e. The van der Waals surface area contributed by atoms with Crippen LogP contribution in [0.4, 0.5) is 5.69 Å². The highest BCUT2D eigenvalue weighted by Crippen LogP contribution is 2.26. The van der Waals surface area contributed by atoms with E-state index in [4.69, 9.17) is 17.3 Å². The van der Waals surface area contributed by atoms with Gasteiger partial charge in [-0.3, -0.25) is 0 Å². The van der Waals surface area contributed by atoms with E-state index in [1.54, 1.807) is 29.1 Å². The molecule has 3 aromatic rings. The minimum absolute atomic E-state index is 0.471. The number of benzene rings is 2. The highest BCUT2D eigenvalue weighted by atomic mass is 35.5. The van der Waals surface area contributed by atoms with E-state index in [2.05, 4.69) is 11.2 Å². The maximum absolute atomic E-state index is 9.20. The van der Waals surface area contributed by atoms with E-state index in [1.165, 1.54) is 0 Å². The molecule has 2 aromatic carbocycles. The summed E-state index contributed by atoms with van der Waals surface area (Å²) in [6.07, 6.45) is 3.57. The topological polar surface area (TPSA) is 67.6 Å². The van der Waals surface area contributed by atoms with Crippen LogP contribution >= 0.6 is 11.6 Å². The molecule has 0 radical (unpaired) electrons. The highest BCUT2D eigenvalue weighted by Gasteiger charge is 2.09. The number of anilines is 1. The molecule has 1 aromatic heterocycles. The van der Waals surface area contributed by atoms with Crippen LogP contribution in [0, 0.1) is 11.3 Å². The van der Waals surface area contributed by atoms with Gasteiger partial charge in [0.1, 0.15) is 6.07 Å². The third-order valence-electron chi connectivity index (χ3n) is 3.18. The lowest BCUT2D eigenvalue weighted by atomic mass is 10.1. The van der Waals surface area contributed by atoms with Gasteiger partial charge in [0, 0.05) is 28.0 Å². The summed E-state index contributed by atoms with van der Waals surface area (Å²) in [4.78, 5) is 0. The molecule has 0 spiro atoms. The molecule has 0 amide bonds. The van der Waals surface area contributed by atoms with Crippen molar-refractivity contribution >= 4 is 17.3 Å². The number of rotatable bonds is 2. The number of nitrogens with zero attached hydrogens (tertiary/aromatic N) is 3. The first-order valence-electron chi connectivity index (χ1n) is 6.28. The predicted octanol–water partition coefficient (Wildman–Crippen LogP) is 3.65. The van der Waals surface area contributed by atoms with Crippen molar-refractivity contribution in [3.8, 4) is 22.9 Å². The monoisotopic (exact) mass is 294 g/mol. The minimum Gasteiger partial charge on any atom is -0.398 e. The Hall–Kier alpha value is -2.77. The van der Waals surface area contributed by atoms with Gasteiger partial charge in [-0.2, -0.15) is 10.4 Å². The summed E-state index contributed by atoms with van der Waals surface area (Å²) in [5.41, 5.74) is 9.62. The Kier molecular flexibility index (Phi) is 3.35. The van der Waals surface area contributed by atoms with E-state index in [9.17, 15) is 5.26 Å². The summed E-state index contributed by atoms with van der Waals surface area (Å²) in [6, 6.07) is 14.8. The van der Waals surface area contributed by atoms with Crippen molar-refractivity contribution in [2.45, 2.75) is 0 Å². The lowest BCUT2D eigenvalue weighted by Crippen LogP contribution is -1.97. The standard InChI is InChI=1S/C16H11ClN4/c17-13-5-6-16(11(7-13)8-18)21-10-12(9-20-21)14-3-1-2-4-15(14)19/h1-7,9-10H,19H2. The number of nitriles is 1. The van der Waals surface area contributed by atoms with Crippen molar-refractivity contribution in [2.24, 2.45) is 0 Å². The fraction of sp³-hybridized carbons (Fsp3) is 0. The Bertz CT molecular complexity index is 845. The molecule has 1 heterocycles. The smallest absolute Gasteiger partial charge is 0.101 e. The first kappa shape index (κ1) is 13.2. The van der Waals surface area contributed by atoms with Gasteiger partial charge >= 0.3 is 0 Å².